The zero-order valence-corrected chi connectivity index (χ0v) is 21.8. The summed E-state index contributed by atoms with van der Waals surface area (Å²) in [7, 11) is 0. The predicted molar refractivity (Wildman–Crippen MR) is 138 cm³/mol. The lowest BCUT2D eigenvalue weighted by atomic mass is 9.68. The van der Waals surface area contributed by atoms with E-state index in [2.05, 4.69) is 20.6 Å². The number of halogens is 4. The van der Waals surface area contributed by atoms with E-state index in [1.807, 2.05) is 20.8 Å². The van der Waals surface area contributed by atoms with Gasteiger partial charge in [-0.2, -0.15) is 0 Å². The quantitative estimate of drug-likeness (QED) is 0.278. The molecule has 1 fully saturated rings. The number of aliphatic hydroxyl groups is 1. The van der Waals surface area contributed by atoms with Crippen LogP contribution in [0, 0.1) is 17.0 Å². The fourth-order valence-electron chi connectivity index (χ4n) is 5.22. The second-order valence-corrected chi connectivity index (χ2v) is 11.4. The van der Waals surface area contributed by atoms with E-state index < -0.39 is 41.4 Å². The largest absolute Gasteiger partial charge is 0.377 e. The molecule has 5 atom stereocenters. The number of nitrogens with zero attached hydrogens (tertiary/aromatic N) is 1. The third kappa shape index (κ3) is 5.30. The van der Waals surface area contributed by atoms with Gasteiger partial charge in [-0.3, -0.25) is 5.32 Å². The number of benzene rings is 2. The lowest BCUT2D eigenvalue weighted by molar-refractivity contribution is 0.0872. The first-order chi connectivity index (χ1) is 16.9. The van der Waals surface area contributed by atoms with Gasteiger partial charge in [0.25, 0.3) is 0 Å². The van der Waals surface area contributed by atoms with Crippen molar-refractivity contribution in [2.75, 3.05) is 0 Å². The van der Waals surface area contributed by atoms with Crippen LogP contribution in [-0.4, -0.2) is 33.4 Å². The molecular weight excluding hydrogens is 507 g/mol. The molecule has 1 saturated heterocycles. The van der Waals surface area contributed by atoms with E-state index in [1.54, 1.807) is 24.4 Å². The minimum Gasteiger partial charge on any atom is -0.377 e. The monoisotopic (exact) mass is 537 g/mol. The Bertz CT molecular complexity index is 1200. The summed E-state index contributed by atoms with van der Waals surface area (Å²) in [6, 6.07) is 7.64. The topological polar surface area (TPSA) is 99.0 Å². The van der Waals surface area contributed by atoms with Gasteiger partial charge in [-0.1, -0.05) is 62.2 Å². The maximum Gasteiger partial charge on any atom is 0.145 e. The molecule has 2 aromatic carbocycles. The Morgan fingerprint density at radius 3 is 2.61 bits per heavy atom. The van der Waals surface area contributed by atoms with Gasteiger partial charge in [0.05, 0.1) is 22.9 Å². The number of aromatic nitrogens is 2. The number of hydrogen-bond acceptors (Lipinski definition) is 5. The van der Waals surface area contributed by atoms with Crippen LogP contribution < -0.4 is 16.4 Å². The van der Waals surface area contributed by atoms with Crippen molar-refractivity contribution in [2.24, 2.45) is 11.1 Å². The van der Waals surface area contributed by atoms with E-state index in [4.69, 9.17) is 28.9 Å². The van der Waals surface area contributed by atoms with Crippen molar-refractivity contribution < 1.29 is 13.9 Å². The van der Waals surface area contributed by atoms with E-state index in [9.17, 15) is 5.11 Å². The molecule has 194 valence electrons. The molecule has 3 aromatic rings. The SMILES string of the molecule is CC(C)(C)C[C@@H]1N[C@@H](C(O)NCc2cnc[nH]2)[C@H](c2cccc(Cl)c2F)[C@@]1(N)c1ccc(Cl)cc1F. The minimum atomic E-state index is -1.45. The Labute approximate surface area is 219 Å². The number of hydrogen-bond donors (Lipinski definition) is 5. The van der Waals surface area contributed by atoms with Crippen molar-refractivity contribution >= 4 is 23.2 Å². The average Bonchev–Trinajstić information content (AvgIpc) is 3.40. The zero-order valence-electron chi connectivity index (χ0n) is 20.3. The number of H-pyrrole nitrogens is 1. The third-order valence-electron chi connectivity index (χ3n) is 6.77. The highest BCUT2D eigenvalue weighted by Crippen LogP contribution is 2.50. The third-order valence-corrected chi connectivity index (χ3v) is 7.30. The molecule has 36 heavy (non-hydrogen) atoms. The Morgan fingerprint density at radius 2 is 1.97 bits per heavy atom. The van der Waals surface area contributed by atoms with E-state index >= 15 is 8.78 Å². The second-order valence-electron chi connectivity index (χ2n) is 10.6. The van der Waals surface area contributed by atoms with Crippen molar-refractivity contribution in [3.05, 3.63) is 87.4 Å². The van der Waals surface area contributed by atoms with Gasteiger partial charge >= 0.3 is 0 Å². The standard InChI is InChI=1S/C26H31Cl2F2N5O/c1-25(2,3)10-20-26(31,17-8-7-14(27)9-19(17)29)21(16-5-4-6-18(28)22(16)30)23(35-20)24(36)33-12-15-11-32-13-34-15/h4-9,11,13,20-21,23-24,33,35-36H,10,12,31H2,1-3H3,(H,32,34)/t20-,21-,23+,24?,26+/m0/s1. The van der Waals surface area contributed by atoms with Gasteiger partial charge in [-0.15, -0.1) is 0 Å². The number of imidazole rings is 1. The number of rotatable bonds is 7. The average molecular weight is 538 g/mol. The number of aliphatic hydroxyl groups excluding tert-OH is 1. The molecule has 0 bridgehead atoms. The molecule has 1 aliphatic rings. The number of nitrogens with one attached hydrogen (secondary N) is 3. The number of nitrogens with two attached hydrogens (primary N) is 1. The molecule has 10 heteroatoms. The van der Waals surface area contributed by atoms with Gasteiger partial charge in [-0.25, -0.2) is 13.8 Å². The summed E-state index contributed by atoms with van der Waals surface area (Å²) in [6.07, 6.45) is 2.53. The van der Waals surface area contributed by atoms with Crippen LogP contribution >= 0.6 is 23.2 Å². The van der Waals surface area contributed by atoms with E-state index in [0.717, 1.165) is 5.69 Å². The molecule has 0 radical (unpaired) electrons. The molecule has 0 spiro atoms. The lowest BCUT2D eigenvalue weighted by Crippen LogP contribution is -2.52. The van der Waals surface area contributed by atoms with Crippen LogP contribution in [-0.2, 0) is 12.1 Å². The van der Waals surface area contributed by atoms with Gasteiger partial charge in [-0.05, 0) is 35.6 Å². The zero-order chi connectivity index (χ0) is 26.3. The predicted octanol–water partition coefficient (Wildman–Crippen LogP) is 4.82. The van der Waals surface area contributed by atoms with Crippen LogP contribution in [0.4, 0.5) is 8.78 Å². The summed E-state index contributed by atoms with van der Waals surface area (Å²) in [5.41, 5.74) is 6.65. The van der Waals surface area contributed by atoms with Crippen molar-refractivity contribution in [1.29, 1.82) is 0 Å². The Morgan fingerprint density at radius 1 is 1.22 bits per heavy atom. The molecule has 0 amide bonds. The van der Waals surface area contributed by atoms with Crippen LogP contribution in [0.2, 0.25) is 10.0 Å². The maximum atomic E-state index is 15.5. The van der Waals surface area contributed by atoms with Crippen LogP contribution in [0.1, 0.15) is 49.9 Å². The summed E-state index contributed by atoms with van der Waals surface area (Å²) < 4.78 is 31.0. The van der Waals surface area contributed by atoms with Crippen molar-refractivity contribution in [1.82, 2.24) is 20.6 Å². The molecule has 1 aromatic heterocycles. The van der Waals surface area contributed by atoms with Crippen molar-refractivity contribution in [3.8, 4) is 0 Å². The fourth-order valence-corrected chi connectivity index (χ4v) is 5.56. The first-order valence-electron chi connectivity index (χ1n) is 11.7. The van der Waals surface area contributed by atoms with Gasteiger partial charge in [0.2, 0.25) is 0 Å². The minimum absolute atomic E-state index is 0.0793. The van der Waals surface area contributed by atoms with E-state index in [0.29, 0.717) is 6.42 Å². The van der Waals surface area contributed by atoms with Crippen LogP contribution in [0.3, 0.4) is 0 Å². The summed E-state index contributed by atoms with van der Waals surface area (Å²) in [6.45, 7) is 6.41. The fraction of sp³-hybridized carbons (Fsp3) is 0.423. The Kier molecular flexibility index (Phi) is 7.76. The van der Waals surface area contributed by atoms with Gasteiger partial charge in [0.15, 0.2) is 0 Å². The molecular formula is C26H31Cl2F2N5O. The molecule has 2 heterocycles. The highest BCUT2D eigenvalue weighted by molar-refractivity contribution is 6.31. The van der Waals surface area contributed by atoms with E-state index in [1.165, 1.54) is 24.5 Å². The first kappa shape index (κ1) is 27.0. The normalized spacial score (nSPS) is 25.3. The smallest absolute Gasteiger partial charge is 0.145 e. The summed E-state index contributed by atoms with van der Waals surface area (Å²) >= 11 is 12.2. The highest BCUT2D eigenvalue weighted by Gasteiger charge is 2.58. The van der Waals surface area contributed by atoms with Gasteiger partial charge < -0.3 is 21.1 Å². The molecule has 1 aliphatic heterocycles. The molecule has 6 N–H and O–H groups in total. The Balaban J connectivity index is 1.86. The van der Waals surface area contributed by atoms with Crippen LogP contribution in [0.15, 0.2) is 48.9 Å². The molecule has 0 aliphatic carbocycles. The summed E-state index contributed by atoms with van der Waals surface area (Å²) in [4.78, 5) is 6.95. The van der Waals surface area contributed by atoms with Crippen molar-refractivity contribution in [3.63, 3.8) is 0 Å². The first-order valence-corrected chi connectivity index (χ1v) is 12.5. The Hall–Kier alpha value is -2.07. The van der Waals surface area contributed by atoms with Gasteiger partial charge in [0.1, 0.15) is 17.9 Å². The van der Waals surface area contributed by atoms with Crippen LogP contribution in [0.5, 0.6) is 0 Å². The molecule has 4 rings (SSSR count). The summed E-state index contributed by atoms with van der Waals surface area (Å²) in [5.74, 6) is -2.14. The lowest BCUT2D eigenvalue weighted by Gasteiger charge is -2.40. The van der Waals surface area contributed by atoms with Crippen LogP contribution in [0.25, 0.3) is 0 Å². The van der Waals surface area contributed by atoms with Crippen molar-refractivity contribution in [2.45, 2.75) is 63.5 Å². The molecule has 1 unspecified atom stereocenters. The molecule has 6 nitrogen and oxygen atoms in total. The molecule has 0 saturated carbocycles. The summed E-state index contributed by atoms with van der Waals surface area (Å²) in [5, 5.41) is 17.9. The highest BCUT2D eigenvalue weighted by atomic mass is 35.5. The maximum absolute atomic E-state index is 15.5. The second kappa shape index (κ2) is 10.4. The van der Waals surface area contributed by atoms with E-state index in [-0.39, 0.29) is 33.1 Å². The van der Waals surface area contributed by atoms with Gasteiger partial charge in [0, 0.05) is 41.0 Å². The number of aromatic amines is 1.